The number of nitrogens with two attached hydrogens (primary N) is 1. The smallest absolute Gasteiger partial charge is 0.251 e. The van der Waals surface area contributed by atoms with Crippen LogP contribution in [0.4, 0.5) is 0 Å². The van der Waals surface area contributed by atoms with Gasteiger partial charge in [0.15, 0.2) is 0 Å². The van der Waals surface area contributed by atoms with Gasteiger partial charge in [-0.1, -0.05) is 0 Å². The number of hydrogen-bond donors (Lipinski definition) is 2. The van der Waals surface area contributed by atoms with Crippen LogP contribution in [0.2, 0.25) is 0 Å². The number of nitrogens with one attached hydrogen (secondary N) is 1. The molecule has 1 aromatic rings. The quantitative estimate of drug-likeness (QED) is 0.813. The Morgan fingerprint density at radius 1 is 1.33 bits per heavy atom. The Hall–Kier alpha value is -1.11. The molecular weight excluding hydrogens is 307 g/mol. The van der Waals surface area contributed by atoms with Gasteiger partial charge in [-0.15, -0.1) is 0 Å². The first-order valence-corrected chi connectivity index (χ1v) is 5.44. The van der Waals surface area contributed by atoms with Crippen LogP contribution in [0.1, 0.15) is 17.3 Å². The van der Waals surface area contributed by atoms with Crippen molar-refractivity contribution >= 4 is 34.4 Å². The maximum absolute atomic E-state index is 11.5. The van der Waals surface area contributed by atoms with Gasteiger partial charge in [-0.3, -0.25) is 9.59 Å². The second kappa shape index (κ2) is 5.11. The molecule has 0 aliphatic carbocycles. The van der Waals surface area contributed by atoms with E-state index in [0.29, 0.717) is 5.56 Å². The molecule has 0 bridgehead atoms. The molecule has 0 heterocycles. The molecule has 0 fully saturated rings. The first kappa shape index (κ1) is 12.0. The molecule has 0 aliphatic rings. The van der Waals surface area contributed by atoms with Gasteiger partial charge in [0.1, 0.15) is 6.04 Å². The topological polar surface area (TPSA) is 72.2 Å². The molecule has 0 radical (unpaired) electrons. The summed E-state index contributed by atoms with van der Waals surface area (Å²) in [6, 6.07) is 6.39. The minimum absolute atomic E-state index is 0.294. The van der Waals surface area contributed by atoms with Gasteiger partial charge in [-0.2, -0.15) is 0 Å². The van der Waals surface area contributed by atoms with E-state index in [1.54, 1.807) is 19.1 Å². The summed E-state index contributed by atoms with van der Waals surface area (Å²) < 4.78 is 1.05. The van der Waals surface area contributed by atoms with E-state index in [9.17, 15) is 9.59 Å². The second-order valence-corrected chi connectivity index (χ2v) is 4.35. The highest BCUT2D eigenvalue weighted by Crippen LogP contribution is 2.06. The molecule has 0 spiro atoms. The maximum Gasteiger partial charge on any atom is 0.251 e. The molecule has 80 valence electrons. The van der Waals surface area contributed by atoms with Crippen molar-refractivity contribution in [2.24, 2.45) is 5.73 Å². The van der Waals surface area contributed by atoms with Crippen molar-refractivity contribution in [1.82, 2.24) is 5.32 Å². The van der Waals surface area contributed by atoms with Crippen LogP contribution in [0, 0.1) is 3.57 Å². The molecule has 0 saturated carbocycles. The lowest BCUT2D eigenvalue weighted by Gasteiger charge is -2.09. The zero-order chi connectivity index (χ0) is 11.4. The van der Waals surface area contributed by atoms with Crippen LogP contribution < -0.4 is 11.1 Å². The van der Waals surface area contributed by atoms with Crippen LogP contribution in [0.15, 0.2) is 24.3 Å². The Labute approximate surface area is 101 Å². The summed E-state index contributed by atoms with van der Waals surface area (Å²) in [6.45, 7) is 1.55. The molecule has 15 heavy (non-hydrogen) atoms. The number of carbonyl (C=O) groups excluding carboxylic acids is 2. The van der Waals surface area contributed by atoms with E-state index in [1.807, 2.05) is 12.1 Å². The average molecular weight is 318 g/mol. The number of amides is 2. The van der Waals surface area contributed by atoms with Gasteiger partial charge >= 0.3 is 0 Å². The Bertz CT molecular complexity index is 376. The first-order valence-electron chi connectivity index (χ1n) is 4.36. The fourth-order valence-electron chi connectivity index (χ4n) is 0.952. The molecule has 0 aliphatic heterocycles. The lowest BCUT2D eigenvalue weighted by atomic mass is 10.2. The maximum atomic E-state index is 11.5. The number of hydrogen-bond acceptors (Lipinski definition) is 2. The van der Waals surface area contributed by atoms with Gasteiger partial charge in [0.2, 0.25) is 5.91 Å². The zero-order valence-electron chi connectivity index (χ0n) is 8.16. The van der Waals surface area contributed by atoms with Crippen molar-refractivity contribution in [3.05, 3.63) is 33.4 Å². The van der Waals surface area contributed by atoms with E-state index in [-0.39, 0.29) is 5.91 Å². The minimum atomic E-state index is -0.656. The van der Waals surface area contributed by atoms with E-state index in [1.165, 1.54) is 0 Å². The van der Waals surface area contributed by atoms with Crippen molar-refractivity contribution < 1.29 is 9.59 Å². The predicted molar refractivity (Wildman–Crippen MR) is 65.3 cm³/mol. The standard InChI is InChI=1S/C10H11IN2O2/c1-6(9(12)14)13-10(15)7-2-4-8(11)5-3-7/h2-6H,1H3,(H2,12,14)(H,13,15)/t6-/m0/s1. The number of rotatable bonds is 3. The SMILES string of the molecule is C[C@H](NC(=O)c1ccc(I)cc1)C(N)=O. The van der Waals surface area contributed by atoms with Crippen molar-refractivity contribution in [2.45, 2.75) is 13.0 Å². The van der Waals surface area contributed by atoms with Crippen molar-refractivity contribution in [1.29, 1.82) is 0 Å². The minimum Gasteiger partial charge on any atom is -0.368 e. The molecular formula is C10H11IN2O2. The summed E-state index contributed by atoms with van der Waals surface area (Å²) in [4.78, 5) is 22.3. The van der Waals surface area contributed by atoms with Crippen LogP contribution in [-0.4, -0.2) is 17.9 Å². The lowest BCUT2D eigenvalue weighted by molar-refractivity contribution is -0.119. The number of halogens is 1. The highest BCUT2D eigenvalue weighted by atomic mass is 127. The van der Waals surface area contributed by atoms with Crippen LogP contribution >= 0.6 is 22.6 Å². The molecule has 5 heteroatoms. The third-order valence-corrected chi connectivity index (χ3v) is 2.60. The summed E-state index contributed by atoms with van der Waals surface area (Å²) in [6.07, 6.45) is 0. The van der Waals surface area contributed by atoms with Gasteiger partial charge < -0.3 is 11.1 Å². The van der Waals surface area contributed by atoms with Crippen molar-refractivity contribution in [3.8, 4) is 0 Å². The van der Waals surface area contributed by atoms with E-state index >= 15 is 0 Å². The van der Waals surface area contributed by atoms with Crippen molar-refractivity contribution in [3.63, 3.8) is 0 Å². The van der Waals surface area contributed by atoms with Gasteiger partial charge in [-0.25, -0.2) is 0 Å². The first-order chi connectivity index (χ1) is 7.00. The molecule has 4 nitrogen and oxygen atoms in total. The Morgan fingerprint density at radius 2 is 1.87 bits per heavy atom. The number of primary amides is 1. The van der Waals surface area contributed by atoms with E-state index < -0.39 is 11.9 Å². The second-order valence-electron chi connectivity index (χ2n) is 3.10. The van der Waals surface area contributed by atoms with Gasteiger partial charge in [0.25, 0.3) is 5.91 Å². The Morgan fingerprint density at radius 3 is 2.33 bits per heavy atom. The summed E-state index contributed by atoms with van der Waals surface area (Å²) in [5.41, 5.74) is 5.55. The Balaban J connectivity index is 2.69. The fraction of sp³-hybridized carbons (Fsp3) is 0.200. The summed E-state index contributed by atoms with van der Waals surface area (Å²) >= 11 is 2.15. The van der Waals surface area contributed by atoms with Gasteiger partial charge in [0.05, 0.1) is 0 Å². The average Bonchev–Trinajstić information content (AvgIpc) is 2.18. The monoisotopic (exact) mass is 318 g/mol. The summed E-state index contributed by atoms with van der Waals surface area (Å²) in [5, 5.41) is 2.50. The zero-order valence-corrected chi connectivity index (χ0v) is 10.3. The fourth-order valence-corrected chi connectivity index (χ4v) is 1.31. The van der Waals surface area contributed by atoms with Crippen LogP contribution in [0.25, 0.3) is 0 Å². The van der Waals surface area contributed by atoms with Crippen LogP contribution in [-0.2, 0) is 4.79 Å². The molecule has 1 aromatic carbocycles. The number of carbonyl (C=O) groups is 2. The van der Waals surface area contributed by atoms with Crippen molar-refractivity contribution in [2.75, 3.05) is 0 Å². The lowest BCUT2D eigenvalue weighted by Crippen LogP contribution is -2.42. The summed E-state index contributed by atoms with van der Waals surface area (Å²) in [7, 11) is 0. The molecule has 1 atom stereocenters. The van der Waals surface area contributed by atoms with Gasteiger partial charge in [-0.05, 0) is 53.8 Å². The summed E-state index contributed by atoms with van der Waals surface area (Å²) in [5.74, 6) is -0.841. The van der Waals surface area contributed by atoms with Crippen LogP contribution in [0.5, 0.6) is 0 Å². The third kappa shape index (κ3) is 3.50. The van der Waals surface area contributed by atoms with E-state index in [4.69, 9.17) is 5.73 Å². The van der Waals surface area contributed by atoms with Crippen LogP contribution in [0.3, 0.4) is 0 Å². The molecule has 1 rings (SSSR count). The normalized spacial score (nSPS) is 11.9. The molecule has 0 aromatic heterocycles. The highest BCUT2D eigenvalue weighted by Gasteiger charge is 2.13. The number of benzene rings is 1. The third-order valence-electron chi connectivity index (χ3n) is 1.88. The molecule has 0 saturated heterocycles. The molecule has 3 N–H and O–H groups in total. The highest BCUT2D eigenvalue weighted by molar-refractivity contribution is 14.1. The van der Waals surface area contributed by atoms with E-state index in [2.05, 4.69) is 27.9 Å². The largest absolute Gasteiger partial charge is 0.368 e. The molecule has 2 amide bonds. The Kier molecular flexibility index (Phi) is 4.07. The van der Waals surface area contributed by atoms with Gasteiger partial charge in [0, 0.05) is 9.13 Å². The predicted octanol–water partition coefficient (Wildman–Crippen LogP) is 0.895. The molecule has 0 unspecified atom stereocenters. The van der Waals surface area contributed by atoms with E-state index in [0.717, 1.165) is 3.57 Å².